The molecule has 0 fully saturated rings. The molecule has 0 bridgehead atoms. The van der Waals surface area contributed by atoms with Crippen LogP contribution in [0.25, 0.3) is 0 Å². The fourth-order valence-electron chi connectivity index (χ4n) is 4.07. The van der Waals surface area contributed by atoms with Crippen LogP contribution in [0.2, 0.25) is 0 Å². The molecule has 3 amide bonds. The van der Waals surface area contributed by atoms with Gasteiger partial charge in [0.25, 0.3) is 0 Å². The second-order valence-electron chi connectivity index (χ2n) is 8.67. The minimum absolute atomic E-state index is 0.191. The van der Waals surface area contributed by atoms with E-state index in [2.05, 4.69) is 21.3 Å². The van der Waals surface area contributed by atoms with Crippen LogP contribution in [0.3, 0.4) is 0 Å². The number of para-hydroxylation sites is 1. The van der Waals surface area contributed by atoms with Crippen molar-refractivity contribution in [2.75, 3.05) is 26.2 Å². The third kappa shape index (κ3) is 8.72. The van der Waals surface area contributed by atoms with E-state index in [1.54, 1.807) is 0 Å². The van der Waals surface area contributed by atoms with Gasteiger partial charge in [-0.1, -0.05) is 61.9 Å². The molecule has 188 valence electrons. The van der Waals surface area contributed by atoms with Gasteiger partial charge in [0, 0.05) is 19.5 Å². The highest BCUT2D eigenvalue weighted by molar-refractivity contribution is 5.91. The van der Waals surface area contributed by atoms with Crippen molar-refractivity contribution in [2.45, 2.75) is 51.1 Å². The van der Waals surface area contributed by atoms with E-state index in [1.807, 2.05) is 61.5 Å². The van der Waals surface area contributed by atoms with Gasteiger partial charge in [0.2, 0.25) is 17.7 Å². The van der Waals surface area contributed by atoms with Crippen molar-refractivity contribution in [3.8, 4) is 5.75 Å². The average Bonchev–Trinajstić information content (AvgIpc) is 2.87. The summed E-state index contributed by atoms with van der Waals surface area (Å²) < 4.78 is 5.97. The van der Waals surface area contributed by atoms with Crippen LogP contribution in [-0.2, 0) is 27.2 Å². The van der Waals surface area contributed by atoms with Gasteiger partial charge in [-0.15, -0.1) is 0 Å². The van der Waals surface area contributed by atoms with Gasteiger partial charge in [0.05, 0.1) is 12.6 Å². The molecule has 8 nitrogen and oxygen atoms in total. The third-order valence-electron chi connectivity index (χ3n) is 5.90. The second kappa shape index (κ2) is 14.1. The van der Waals surface area contributed by atoms with Gasteiger partial charge >= 0.3 is 0 Å². The molecule has 2 aromatic rings. The van der Waals surface area contributed by atoms with E-state index in [0.29, 0.717) is 32.5 Å². The van der Waals surface area contributed by atoms with E-state index in [1.165, 1.54) is 0 Å². The topological polar surface area (TPSA) is 109 Å². The van der Waals surface area contributed by atoms with Crippen LogP contribution in [0.15, 0.2) is 54.6 Å². The predicted octanol–water partition coefficient (Wildman–Crippen LogP) is 1.73. The first-order chi connectivity index (χ1) is 17.1. The molecule has 0 unspecified atom stereocenters. The van der Waals surface area contributed by atoms with Crippen molar-refractivity contribution in [1.29, 1.82) is 0 Å². The molecule has 0 spiro atoms. The molecule has 1 heterocycles. The number of rotatable bonds is 4. The molecule has 0 saturated heterocycles. The number of hydrogen-bond acceptors (Lipinski definition) is 5. The van der Waals surface area contributed by atoms with Crippen LogP contribution in [0.4, 0.5) is 0 Å². The molecular weight excluding hydrogens is 444 g/mol. The standard InChI is InChI=1S/C27H36N4O4/c1-2-9-22-26(33)30-19-25(32)31-23(18-20-10-4-3-5-11-20)27(34)29-15-8-13-21-12-6-7-14-24(21)35-17-16-28-22/h3-7,10-12,14,22-23,28H,2,8-9,13,15-19H2,1H3,(H,29,34)(H,30,33)(H,31,32)/t22-,23+/m0/s1. The fourth-order valence-corrected chi connectivity index (χ4v) is 4.07. The van der Waals surface area contributed by atoms with Gasteiger partial charge in [-0.05, 0) is 36.5 Å². The molecule has 1 aliphatic heterocycles. The first-order valence-corrected chi connectivity index (χ1v) is 12.4. The number of carbonyl (C=O) groups is 3. The average molecular weight is 481 g/mol. The molecule has 0 aliphatic carbocycles. The molecule has 4 N–H and O–H groups in total. The van der Waals surface area contributed by atoms with Crippen molar-refractivity contribution < 1.29 is 19.1 Å². The highest BCUT2D eigenvalue weighted by Crippen LogP contribution is 2.19. The molecule has 8 heteroatoms. The van der Waals surface area contributed by atoms with Crippen molar-refractivity contribution in [2.24, 2.45) is 0 Å². The maximum Gasteiger partial charge on any atom is 0.242 e. The summed E-state index contributed by atoms with van der Waals surface area (Å²) in [6.45, 7) is 3.22. The Labute approximate surface area is 207 Å². The lowest BCUT2D eigenvalue weighted by molar-refractivity contribution is -0.130. The molecule has 0 saturated carbocycles. The number of ether oxygens (including phenoxy) is 1. The Bertz CT molecular complexity index is 967. The lowest BCUT2D eigenvalue weighted by Crippen LogP contribution is -2.52. The predicted molar refractivity (Wildman–Crippen MR) is 135 cm³/mol. The summed E-state index contributed by atoms with van der Waals surface area (Å²) in [4.78, 5) is 38.3. The minimum Gasteiger partial charge on any atom is -0.492 e. The van der Waals surface area contributed by atoms with E-state index in [0.717, 1.165) is 36.1 Å². The SMILES string of the molecule is CCC[C@@H]1NCCOc2ccccc2CCCNC(=O)[C@@H](Cc2ccccc2)NC(=O)CNC1=O. The Morgan fingerprint density at radius 2 is 1.63 bits per heavy atom. The normalized spacial score (nSPS) is 20.8. The first kappa shape index (κ1) is 26.2. The van der Waals surface area contributed by atoms with E-state index in [9.17, 15) is 14.4 Å². The van der Waals surface area contributed by atoms with Crippen LogP contribution in [0.5, 0.6) is 5.75 Å². The van der Waals surface area contributed by atoms with Crippen molar-refractivity contribution in [3.05, 3.63) is 65.7 Å². The Morgan fingerprint density at radius 3 is 2.43 bits per heavy atom. The highest BCUT2D eigenvalue weighted by atomic mass is 16.5. The maximum absolute atomic E-state index is 13.0. The number of aryl methyl sites for hydroxylation is 1. The minimum atomic E-state index is -0.735. The van der Waals surface area contributed by atoms with Crippen molar-refractivity contribution >= 4 is 17.7 Å². The lowest BCUT2D eigenvalue weighted by atomic mass is 10.0. The number of fused-ring (bicyclic) bond motifs is 1. The monoisotopic (exact) mass is 480 g/mol. The zero-order chi connectivity index (χ0) is 24.9. The lowest BCUT2D eigenvalue weighted by Gasteiger charge is -2.21. The van der Waals surface area contributed by atoms with Crippen molar-refractivity contribution in [1.82, 2.24) is 21.3 Å². The van der Waals surface area contributed by atoms with E-state index in [-0.39, 0.29) is 18.4 Å². The molecule has 35 heavy (non-hydrogen) atoms. The Morgan fingerprint density at radius 1 is 0.886 bits per heavy atom. The van der Waals surface area contributed by atoms with Gasteiger partial charge < -0.3 is 26.0 Å². The van der Waals surface area contributed by atoms with E-state index in [4.69, 9.17) is 4.74 Å². The zero-order valence-corrected chi connectivity index (χ0v) is 20.3. The molecule has 2 aromatic carbocycles. The molecular formula is C27H36N4O4. The zero-order valence-electron chi connectivity index (χ0n) is 20.3. The van der Waals surface area contributed by atoms with Gasteiger partial charge in [-0.3, -0.25) is 14.4 Å². The summed E-state index contributed by atoms with van der Waals surface area (Å²) in [5.74, 6) is -0.0761. The molecule has 0 radical (unpaired) electrons. The molecule has 0 aromatic heterocycles. The van der Waals surface area contributed by atoms with Crippen molar-refractivity contribution in [3.63, 3.8) is 0 Å². The summed E-state index contributed by atoms with van der Waals surface area (Å²) in [5, 5.41) is 11.7. The van der Waals surface area contributed by atoms with E-state index >= 15 is 0 Å². The summed E-state index contributed by atoms with van der Waals surface area (Å²) in [5.41, 5.74) is 2.01. The van der Waals surface area contributed by atoms with Crippen LogP contribution in [-0.4, -0.2) is 56.0 Å². The van der Waals surface area contributed by atoms with Crippen LogP contribution >= 0.6 is 0 Å². The van der Waals surface area contributed by atoms with Crippen LogP contribution < -0.4 is 26.0 Å². The Hall–Kier alpha value is -3.39. The summed E-state index contributed by atoms with van der Waals surface area (Å²) in [6.07, 6.45) is 3.32. The summed E-state index contributed by atoms with van der Waals surface area (Å²) in [6, 6.07) is 16.3. The fraction of sp³-hybridized carbons (Fsp3) is 0.444. The van der Waals surface area contributed by atoms with Gasteiger partial charge in [0.1, 0.15) is 18.4 Å². The summed E-state index contributed by atoms with van der Waals surface area (Å²) in [7, 11) is 0. The quantitative estimate of drug-likeness (QED) is 0.533. The Kier molecular flexibility index (Phi) is 10.6. The van der Waals surface area contributed by atoms with Crippen LogP contribution in [0.1, 0.15) is 37.3 Å². The summed E-state index contributed by atoms with van der Waals surface area (Å²) >= 11 is 0. The van der Waals surface area contributed by atoms with Gasteiger partial charge in [-0.2, -0.15) is 0 Å². The maximum atomic E-state index is 13.0. The largest absolute Gasteiger partial charge is 0.492 e. The van der Waals surface area contributed by atoms with Crippen LogP contribution in [0, 0.1) is 0 Å². The number of nitrogens with one attached hydrogen (secondary N) is 4. The number of amides is 3. The molecule has 3 rings (SSSR count). The number of carbonyl (C=O) groups excluding carboxylic acids is 3. The smallest absolute Gasteiger partial charge is 0.242 e. The first-order valence-electron chi connectivity index (χ1n) is 12.4. The van der Waals surface area contributed by atoms with E-state index < -0.39 is 18.0 Å². The highest BCUT2D eigenvalue weighted by Gasteiger charge is 2.23. The third-order valence-corrected chi connectivity index (χ3v) is 5.90. The number of benzene rings is 2. The van der Waals surface area contributed by atoms with Gasteiger partial charge in [0.15, 0.2) is 0 Å². The molecule has 2 atom stereocenters. The molecule has 1 aliphatic rings. The van der Waals surface area contributed by atoms with Gasteiger partial charge in [-0.25, -0.2) is 0 Å². The second-order valence-corrected chi connectivity index (χ2v) is 8.67. The Balaban J connectivity index is 1.73. The number of hydrogen-bond donors (Lipinski definition) is 4.